The fourth-order valence-corrected chi connectivity index (χ4v) is 4.09. The fourth-order valence-electron chi connectivity index (χ4n) is 3.85. The van der Waals surface area contributed by atoms with Crippen molar-refractivity contribution >= 4 is 11.6 Å². The zero-order valence-corrected chi connectivity index (χ0v) is 14.7. The summed E-state index contributed by atoms with van der Waals surface area (Å²) in [6.07, 6.45) is 9.43. The first-order chi connectivity index (χ1) is 10.1. The molecule has 0 spiro atoms. The van der Waals surface area contributed by atoms with E-state index in [-0.39, 0.29) is 0 Å². The lowest BCUT2D eigenvalue weighted by Crippen LogP contribution is -2.38. The lowest BCUT2D eigenvalue weighted by Gasteiger charge is -2.38. The molecule has 1 saturated carbocycles. The van der Waals surface area contributed by atoms with Crippen LogP contribution in [0.2, 0.25) is 5.02 Å². The molecule has 4 heteroatoms. The predicted molar refractivity (Wildman–Crippen MR) is 89.8 cm³/mol. The molecule has 1 aromatic rings. The van der Waals surface area contributed by atoms with E-state index in [2.05, 4.69) is 42.8 Å². The summed E-state index contributed by atoms with van der Waals surface area (Å²) in [5.74, 6) is 0. The number of aromatic nitrogens is 2. The van der Waals surface area contributed by atoms with Gasteiger partial charge in [0.1, 0.15) is 0 Å². The monoisotopic (exact) mass is 311 g/mol. The molecular formula is C17H30ClN3. The molecule has 1 fully saturated rings. The Labute approximate surface area is 134 Å². The van der Waals surface area contributed by atoms with Gasteiger partial charge in [-0.1, -0.05) is 38.3 Å². The van der Waals surface area contributed by atoms with E-state index in [1.54, 1.807) is 0 Å². The molecule has 1 aliphatic carbocycles. The highest BCUT2D eigenvalue weighted by atomic mass is 35.5. The summed E-state index contributed by atoms with van der Waals surface area (Å²) < 4.78 is 2.12. The summed E-state index contributed by atoms with van der Waals surface area (Å²) in [6.45, 7) is 9.94. The van der Waals surface area contributed by atoms with Crippen LogP contribution in [0.3, 0.4) is 0 Å². The molecule has 0 saturated heterocycles. The number of nitrogens with zero attached hydrogens (tertiary/aromatic N) is 2. The van der Waals surface area contributed by atoms with Gasteiger partial charge in [-0.05, 0) is 51.5 Å². The molecule has 120 valence electrons. The van der Waals surface area contributed by atoms with Gasteiger partial charge in [0.25, 0.3) is 0 Å². The summed E-state index contributed by atoms with van der Waals surface area (Å²) >= 11 is 6.54. The average molecular weight is 312 g/mol. The molecule has 0 radical (unpaired) electrons. The van der Waals surface area contributed by atoms with Crippen LogP contribution in [0.4, 0.5) is 0 Å². The van der Waals surface area contributed by atoms with E-state index >= 15 is 0 Å². The summed E-state index contributed by atoms with van der Waals surface area (Å²) in [7, 11) is 0. The van der Waals surface area contributed by atoms with E-state index in [4.69, 9.17) is 11.6 Å². The Balaban J connectivity index is 2.42. The smallest absolute Gasteiger partial charge is 0.0834 e. The molecule has 0 amide bonds. The van der Waals surface area contributed by atoms with Gasteiger partial charge in [0.15, 0.2) is 0 Å². The third kappa shape index (κ3) is 3.29. The van der Waals surface area contributed by atoms with Crippen molar-refractivity contribution in [1.29, 1.82) is 0 Å². The van der Waals surface area contributed by atoms with Crippen molar-refractivity contribution in [2.75, 3.05) is 6.54 Å². The molecule has 21 heavy (non-hydrogen) atoms. The zero-order valence-electron chi connectivity index (χ0n) is 14.0. The Hall–Kier alpha value is -0.540. The van der Waals surface area contributed by atoms with Gasteiger partial charge in [0, 0.05) is 6.04 Å². The van der Waals surface area contributed by atoms with E-state index in [0.717, 1.165) is 18.0 Å². The number of hydrogen-bond donors (Lipinski definition) is 1. The van der Waals surface area contributed by atoms with E-state index in [1.165, 1.54) is 37.8 Å². The van der Waals surface area contributed by atoms with Crippen LogP contribution in [0.15, 0.2) is 6.20 Å². The van der Waals surface area contributed by atoms with Crippen LogP contribution in [0, 0.1) is 5.41 Å². The van der Waals surface area contributed by atoms with Crippen molar-refractivity contribution in [3.63, 3.8) is 0 Å². The highest BCUT2D eigenvalue weighted by Gasteiger charge is 2.42. The van der Waals surface area contributed by atoms with Crippen LogP contribution < -0.4 is 5.32 Å². The van der Waals surface area contributed by atoms with E-state index in [1.807, 2.05) is 6.20 Å². The fraction of sp³-hybridized carbons (Fsp3) is 0.824. The normalized spacial score (nSPS) is 19.3. The van der Waals surface area contributed by atoms with Crippen molar-refractivity contribution in [2.45, 2.75) is 78.3 Å². The number of rotatable bonds is 7. The lowest BCUT2D eigenvalue weighted by atomic mass is 9.74. The number of nitrogens with one attached hydrogen (secondary N) is 1. The van der Waals surface area contributed by atoms with Gasteiger partial charge in [0.05, 0.1) is 23.0 Å². The maximum atomic E-state index is 6.54. The quantitative estimate of drug-likeness (QED) is 0.756. The van der Waals surface area contributed by atoms with Crippen molar-refractivity contribution < 1.29 is 0 Å². The Morgan fingerprint density at radius 2 is 2.00 bits per heavy atom. The first-order valence-corrected chi connectivity index (χ1v) is 8.89. The van der Waals surface area contributed by atoms with Gasteiger partial charge in [-0.15, -0.1) is 0 Å². The predicted octanol–water partition coefficient (Wildman–Crippen LogP) is 5.13. The lowest BCUT2D eigenvalue weighted by molar-refractivity contribution is 0.177. The third-order valence-corrected chi connectivity index (χ3v) is 5.36. The molecule has 1 N–H and O–H groups in total. The minimum atomic E-state index is 0.322. The minimum absolute atomic E-state index is 0.322. The first kappa shape index (κ1) is 16.8. The van der Waals surface area contributed by atoms with Crippen LogP contribution in [0.25, 0.3) is 0 Å². The molecule has 1 aliphatic rings. The average Bonchev–Trinajstić information content (AvgIpc) is 3.08. The maximum absolute atomic E-state index is 6.54. The summed E-state index contributed by atoms with van der Waals surface area (Å²) in [6, 6.07) is 0.663. The second-order valence-corrected chi connectivity index (χ2v) is 7.13. The molecule has 1 heterocycles. The van der Waals surface area contributed by atoms with Crippen LogP contribution in [-0.4, -0.2) is 16.3 Å². The Morgan fingerprint density at radius 3 is 2.52 bits per heavy atom. The molecule has 0 aromatic carbocycles. The molecular weight excluding hydrogens is 282 g/mol. The highest BCUT2D eigenvalue weighted by Crippen LogP contribution is 2.51. The van der Waals surface area contributed by atoms with Crippen molar-refractivity contribution in [1.82, 2.24) is 15.1 Å². The first-order valence-electron chi connectivity index (χ1n) is 8.52. The van der Waals surface area contributed by atoms with Crippen LogP contribution in [-0.2, 0) is 0 Å². The summed E-state index contributed by atoms with van der Waals surface area (Å²) in [4.78, 5) is 0. The second-order valence-electron chi connectivity index (χ2n) is 6.73. The van der Waals surface area contributed by atoms with Crippen LogP contribution in [0.1, 0.15) is 84.0 Å². The van der Waals surface area contributed by atoms with E-state index < -0.39 is 0 Å². The van der Waals surface area contributed by atoms with Crippen molar-refractivity contribution in [3.05, 3.63) is 16.9 Å². The summed E-state index contributed by atoms with van der Waals surface area (Å²) in [5, 5.41) is 9.14. The largest absolute Gasteiger partial charge is 0.308 e. The van der Waals surface area contributed by atoms with E-state index in [9.17, 15) is 0 Å². The van der Waals surface area contributed by atoms with Gasteiger partial charge < -0.3 is 5.32 Å². The SMILES string of the molecule is CCCNC(c1c(Cl)cnn1C(C)C)C1(CC)CCCC1. The topological polar surface area (TPSA) is 29.9 Å². The van der Waals surface area contributed by atoms with Gasteiger partial charge >= 0.3 is 0 Å². The van der Waals surface area contributed by atoms with Crippen LogP contribution in [0.5, 0.6) is 0 Å². The molecule has 1 atom stereocenters. The molecule has 2 rings (SSSR count). The van der Waals surface area contributed by atoms with Gasteiger partial charge in [-0.2, -0.15) is 5.10 Å². The van der Waals surface area contributed by atoms with Gasteiger partial charge in [-0.25, -0.2) is 0 Å². The maximum Gasteiger partial charge on any atom is 0.0834 e. The molecule has 0 bridgehead atoms. The molecule has 1 unspecified atom stereocenters. The summed E-state index contributed by atoms with van der Waals surface area (Å²) in [5.41, 5.74) is 1.54. The Bertz CT molecular complexity index is 447. The Morgan fingerprint density at radius 1 is 1.33 bits per heavy atom. The second kappa shape index (κ2) is 7.15. The Kier molecular flexibility index (Phi) is 5.73. The van der Waals surface area contributed by atoms with Crippen LogP contribution >= 0.6 is 11.6 Å². The minimum Gasteiger partial charge on any atom is -0.308 e. The molecule has 1 aromatic heterocycles. The highest BCUT2D eigenvalue weighted by molar-refractivity contribution is 6.31. The molecule has 3 nitrogen and oxygen atoms in total. The van der Waals surface area contributed by atoms with Gasteiger partial charge in [-0.3, -0.25) is 4.68 Å². The third-order valence-electron chi connectivity index (χ3n) is 5.06. The number of hydrogen-bond acceptors (Lipinski definition) is 2. The van der Waals surface area contributed by atoms with Crippen molar-refractivity contribution in [2.24, 2.45) is 5.41 Å². The standard InChI is InChI=1S/C17H30ClN3/c1-5-11-19-16(17(6-2)9-7-8-10-17)15-14(18)12-20-21(15)13(3)4/h12-13,16,19H,5-11H2,1-4H3. The zero-order chi connectivity index (χ0) is 15.5. The van der Waals surface area contributed by atoms with Gasteiger partial charge in [0.2, 0.25) is 0 Å². The van der Waals surface area contributed by atoms with Crippen molar-refractivity contribution in [3.8, 4) is 0 Å². The number of halogens is 1. The van der Waals surface area contributed by atoms with E-state index in [0.29, 0.717) is 17.5 Å². The molecule has 0 aliphatic heterocycles.